The highest BCUT2D eigenvalue weighted by atomic mass is 79.9. The Balaban J connectivity index is 2.89. The van der Waals surface area contributed by atoms with Gasteiger partial charge in [-0.05, 0) is 18.2 Å². The van der Waals surface area contributed by atoms with Gasteiger partial charge in [0, 0.05) is 10.0 Å². The van der Waals surface area contributed by atoms with Crippen molar-refractivity contribution < 1.29 is 9.50 Å². The maximum Gasteiger partial charge on any atom is 0.128 e. The summed E-state index contributed by atoms with van der Waals surface area (Å²) in [6.07, 6.45) is 1.13. The molecule has 0 aliphatic heterocycles. The molecule has 1 nitrogen and oxygen atoms in total. The van der Waals surface area contributed by atoms with Crippen LogP contribution >= 0.6 is 15.9 Å². The molecule has 0 unspecified atom stereocenters. The molecule has 0 atom stereocenters. The van der Waals surface area contributed by atoms with Crippen LogP contribution in [0.1, 0.15) is 5.56 Å². The van der Waals surface area contributed by atoms with Crippen LogP contribution < -0.4 is 0 Å². The van der Waals surface area contributed by atoms with E-state index < -0.39 is 5.83 Å². The van der Waals surface area contributed by atoms with E-state index in [4.69, 9.17) is 5.11 Å². The summed E-state index contributed by atoms with van der Waals surface area (Å²) < 4.78 is 13.9. The first-order chi connectivity index (χ1) is 5.74. The Labute approximate surface area is 78.7 Å². The zero-order valence-corrected chi connectivity index (χ0v) is 7.88. The topological polar surface area (TPSA) is 20.2 Å². The number of benzene rings is 1. The van der Waals surface area contributed by atoms with Crippen LogP contribution in [0.5, 0.6) is 0 Å². The van der Waals surface area contributed by atoms with Gasteiger partial charge in [0.15, 0.2) is 0 Å². The van der Waals surface area contributed by atoms with Crippen molar-refractivity contribution >= 4 is 21.8 Å². The van der Waals surface area contributed by atoms with E-state index in [1.54, 1.807) is 24.3 Å². The molecule has 1 rings (SSSR count). The third-order valence-corrected chi connectivity index (χ3v) is 1.92. The maximum atomic E-state index is 13.0. The first kappa shape index (κ1) is 9.42. The normalized spacial score (nSPS) is 11.8. The zero-order chi connectivity index (χ0) is 8.97. The fourth-order valence-corrected chi connectivity index (χ4v) is 1.07. The summed E-state index contributed by atoms with van der Waals surface area (Å²) in [6.45, 7) is -0.276. The van der Waals surface area contributed by atoms with Gasteiger partial charge >= 0.3 is 0 Å². The van der Waals surface area contributed by atoms with Crippen LogP contribution in [0.3, 0.4) is 0 Å². The van der Waals surface area contributed by atoms with Crippen LogP contribution in [0.15, 0.2) is 34.8 Å². The highest BCUT2D eigenvalue weighted by Crippen LogP contribution is 2.18. The Kier molecular flexibility index (Phi) is 3.44. The second-order valence-corrected chi connectivity index (χ2v) is 3.16. The average molecular weight is 231 g/mol. The molecule has 0 saturated carbocycles. The van der Waals surface area contributed by atoms with Gasteiger partial charge in [-0.3, -0.25) is 0 Å². The molecule has 0 aliphatic rings. The molecule has 0 heterocycles. The van der Waals surface area contributed by atoms with Crippen molar-refractivity contribution in [3.8, 4) is 0 Å². The lowest BCUT2D eigenvalue weighted by Crippen LogP contribution is -1.80. The zero-order valence-electron chi connectivity index (χ0n) is 6.30. The molecular weight excluding hydrogens is 223 g/mol. The number of halogens is 2. The van der Waals surface area contributed by atoms with E-state index in [2.05, 4.69) is 15.9 Å². The molecule has 0 amide bonds. The van der Waals surface area contributed by atoms with E-state index in [1.807, 2.05) is 0 Å². The van der Waals surface area contributed by atoms with Crippen molar-refractivity contribution in [2.75, 3.05) is 6.61 Å². The lowest BCUT2D eigenvalue weighted by atomic mass is 10.2. The smallest absolute Gasteiger partial charge is 0.128 e. The number of hydrogen-bond acceptors (Lipinski definition) is 1. The van der Waals surface area contributed by atoms with Gasteiger partial charge in [-0.2, -0.15) is 0 Å². The first-order valence-corrected chi connectivity index (χ1v) is 4.26. The number of rotatable bonds is 2. The number of aliphatic hydroxyl groups excluding tert-OH is 1. The Bertz CT molecular complexity index is 279. The Morgan fingerprint density at radius 3 is 2.50 bits per heavy atom. The summed E-state index contributed by atoms with van der Waals surface area (Å²) in [6, 6.07) is 6.79. The molecule has 0 aromatic heterocycles. The number of hydrogen-bond donors (Lipinski definition) is 1. The number of aliphatic hydroxyl groups is 1. The van der Waals surface area contributed by atoms with Crippen molar-refractivity contribution in [3.63, 3.8) is 0 Å². The molecule has 1 aromatic rings. The average Bonchev–Trinajstić information content (AvgIpc) is 2.06. The summed E-state index contributed by atoms with van der Waals surface area (Å²) in [7, 11) is 0. The minimum absolute atomic E-state index is 0.276. The van der Waals surface area contributed by atoms with Crippen LogP contribution in [0, 0.1) is 0 Å². The van der Waals surface area contributed by atoms with Crippen molar-refractivity contribution in [2.45, 2.75) is 0 Å². The standard InChI is InChI=1S/C9H8BrFO/c10-8-3-1-7(2-4-8)9(11)5-6-12/h1-5,12H,6H2/b9-5-. The van der Waals surface area contributed by atoms with E-state index in [1.165, 1.54) is 0 Å². The highest BCUT2D eigenvalue weighted by Gasteiger charge is 1.97. The molecule has 3 heteroatoms. The molecule has 0 fully saturated rings. The third-order valence-electron chi connectivity index (χ3n) is 1.39. The van der Waals surface area contributed by atoms with Gasteiger partial charge in [-0.15, -0.1) is 0 Å². The monoisotopic (exact) mass is 230 g/mol. The minimum atomic E-state index is -0.398. The van der Waals surface area contributed by atoms with Gasteiger partial charge in [0.05, 0.1) is 6.61 Å². The summed E-state index contributed by atoms with van der Waals surface area (Å²) in [5.74, 6) is -0.398. The molecule has 1 aromatic carbocycles. The van der Waals surface area contributed by atoms with Gasteiger partial charge in [0.2, 0.25) is 0 Å². The fourth-order valence-electron chi connectivity index (χ4n) is 0.807. The van der Waals surface area contributed by atoms with Crippen molar-refractivity contribution in [1.29, 1.82) is 0 Å². The molecule has 1 N–H and O–H groups in total. The summed E-state index contributed by atoms with van der Waals surface area (Å²) in [4.78, 5) is 0. The van der Waals surface area contributed by atoms with Gasteiger partial charge in [0.25, 0.3) is 0 Å². The third kappa shape index (κ3) is 2.43. The van der Waals surface area contributed by atoms with Gasteiger partial charge in [-0.25, -0.2) is 4.39 Å². The lowest BCUT2D eigenvalue weighted by Gasteiger charge is -1.96. The Hall–Kier alpha value is -0.670. The second kappa shape index (κ2) is 4.38. The predicted molar refractivity (Wildman–Crippen MR) is 50.3 cm³/mol. The first-order valence-electron chi connectivity index (χ1n) is 3.46. The highest BCUT2D eigenvalue weighted by molar-refractivity contribution is 9.10. The summed E-state index contributed by atoms with van der Waals surface area (Å²) in [5.41, 5.74) is 0.479. The van der Waals surface area contributed by atoms with Crippen LogP contribution in [-0.4, -0.2) is 11.7 Å². The molecule has 12 heavy (non-hydrogen) atoms. The van der Waals surface area contributed by atoms with Crippen LogP contribution in [0.4, 0.5) is 4.39 Å². The SMILES string of the molecule is OC/C=C(\F)c1ccc(Br)cc1. The van der Waals surface area contributed by atoms with Crippen molar-refractivity contribution in [2.24, 2.45) is 0 Å². The molecule has 0 saturated heterocycles. The maximum absolute atomic E-state index is 13.0. The van der Waals surface area contributed by atoms with Gasteiger partial charge in [0.1, 0.15) is 5.83 Å². The molecule has 0 radical (unpaired) electrons. The molecular formula is C9H8BrFO. The van der Waals surface area contributed by atoms with Gasteiger partial charge in [-0.1, -0.05) is 28.1 Å². The van der Waals surface area contributed by atoms with Crippen molar-refractivity contribution in [1.82, 2.24) is 0 Å². The van der Waals surface area contributed by atoms with Crippen LogP contribution in [-0.2, 0) is 0 Å². The Morgan fingerprint density at radius 2 is 2.00 bits per heavy atom. The van der Waals surface area contributed by atoms with Crippen LogP contribution in [0.2, 0.25) is 0 Å². The fraction of sp³-hybridized carbons (Fsp3) is 0.111. The van der Waals surface area contributed by atoms with Gasteiger partial charge < -0.3 is 5.11 Å². The predicted octanol–water partition coefficient (Wildman–Crippen LogP) is 2.75. The van der Waals surface area contributed by atoms with Crippen molar-refractivity contribution in [3.05, 3.63) is 40.4 Å². The molecule has 0 aliphatic carbocycles. The van der Waals surface area contributed by atoms with E-state index in [0.29, 0.717) is 5.56 Å². The van der Waals surface area contributed by atoms with E-state index in [-0.39, 0.29) is 6.61 Å². The quantitative estimate of drug-likeness (QED) is 0.829. The largest absolute Gasteiger partial charge is 0.392 e. The molecule has 0 spiro atoms. The second-order valence-electron chi connectivity index (χ2n) is 2.24. The van der Waals surface area contributed by atoms with E-state index in [0.717, 1.165) is 10.5 Å². The molecule has 0 bridgehead atoms. The minimum Gasteiger partial charge on any atom is -0.392 e. The van der Waals surface area contributed by atoms with Crippen LogP contribution in [0.25, 0.3) is 5.83 Å². The lowest BCUT2D eigenvalue weighted by molar-refractivity contribution is 0.342. The Morgan fingerprint density at radius 1 is 1.42 bits per heavy atom. The molecule has 64 valence electrons. The van der Waals surface area contributed by atoms with E-state index in [9.17, 15) is 4.39 Å². The summed E-state index contributed by atoms with van der Waals surface area (Å²) >= 11 is 3.24. The van der Waals surface area contributed by atoms with E-state index >= 15 is 0 Å². The summed E-state index contributed by atoms with van der Waals surface area (Å²) in [5, 5.41) is 8.43.